The number of nitrogens with one attached hydrogen (secondary N) is 1. The van der Waals surface area contributed by atoms with E-state index in [4.69, 9.17) is 11.6 Å². The van der Waals surface area contributed by atoms with Gasteiger partial charge in [0.2, 0.25) is 11.8 Å². The van der Waals surface area contributed by atoms with E-state index in [9.17, 15) is 14.4 Å². The smallest absolute Gasteiger partial charge is 0.271 e. The zero-order chi connectivity index (χ0) is 14.9. The monoisotopic (exact) mass is 297 g/mol. The number of hydrogen-bond acceptors (Lipinski definition) is 3. The summed E-state index contributed by atoms with van der Waals surface area (Å²) in [5, 5.41) is 2.70. The molecule has 1 aliphatic heterocycles. The van der Waals surface area contributed by atoms with Crippen molar-refractivity contribution in [1.82, 2.24) is 14.8 Å². The van der Waals surface area contributed by atoms with E-state index in [1.54, 1.807) is 23.8 Å². The fraction of sp³-hybridized carbons (Fsp3) is 0.462. The highest BCUT2D eigenvalue weighted by Crippen LogP contribution is 2.19. The van der Waals surface area contributed by atoms with E-state index in [1.807, 2.05) is 6.92 Å². The molecule has 2 heterocycles. The molecule has 6 nitrogen and oxygen atoms in total. The Balaban J connectivity index is 2.34. The van der Waals surface area contributed by atoms with Crippen LogP contribution in [0.3, 0.4) is 0 Å². The van der Waals surface area contributed by atoms with E-state index >= 15 is 0 Å². The van der Waals surface area contributed by atoms with Crippen LogP contribution < -0.4 is 5.32 Å². The Hall–Kier alpha value is -1.82. The lowest BCUT2D eigenvalue weighted by Crippen LogP contribution is -2.59. The average Bonchev–Trinajstić information content (AvgIpc) is 2.78. The summed E-state index contributed by atoms with van der Waals surface area (Å²) in [4.78, 5) is 37.1. The van der Waals surface area contributed by atoms with Gasteiger partial charge in [0.05, 0.1) is 5.02 Å². The molecule has 1 aromatic rings. The molecule has 1 saturated heterocycles. The molecule has 1 atom stereocenters. The predicted octanol–water partition coefficient (Wildman–Crippen LogP) is 1.04. The van der Waals surface area contributed by atoms with E-state index in [-0.39, 0.29) is 12.5 Å². The molecule has 1 unspecified atom stereocenters. The maximum absolute atomic E-state index is 12.6. The Bertz CT molecular complexity index is 567. The lowest BCUT2D eigenvalue weighted by Gasteiger charge is -2.33. The van der Waals surface area contributed by atoms with Gasteiger partial charge in [0, 0.05) is 12.7 Å². The van der Waals surface area contributed by atoms with Crippen LogP contribution in [0, 0.1) is 0 Å². The minimum Gasteiger partial charge on any atom is -0.342 e. The molecule has 20 heavy (non-hydrogen) atoms. The van der Waals surface area contributed by atoms with Crippen LogP contribution in [-0.4, -0.2) is 39.8 Å². The zero-order valence-corrected chi connectivity index (χ0v) is 12.1. The SMILES string of the molecule is CCC1C(=O)NC(=O)CN1C(=O)c1cc(Cl)cn1CC. The molecular formula is C13H16ClN3O3. The van der Waals surface area contributed by atoms with Gasteiger partial charge in [-0.05, 0) is 19.4 Å². The minimum absolute atomic E-state index is 0.115. The first kappa shape index (κ1) is 14.6. The molecule has 3 amide bonds. The van der Waals surface area contributed by atoms with Crippen molar-refractivity contribution in [2.45, 2.75) is 32.9 Å². The van der Waals surface area contributed by atoms with Gasteiger partial charge in [-0.3, -0.25) is 19.7 Å². The zero-order valence-electron chi connectivity index (χ0n) is 11.4. The van der Waals surface area contributed by atoms with Crippen molar-refractivity contribution in [2.75, 3.05) is 6.54 Å². The Kier molecular flexibility index (Phi) is 4.13. The summed E-state index contributed by atoms with van der Waals surface area (Å²) < 4.78 is 1.70. The first-order chi connectivity index (χ1) is 9.47. The minimum atomic E-state index is -0.626. The molecule has 1 fully saturated rings. The largest absolute Gasteiger partial charge is 0.342 e. The van der Waals surface area contributed by atoms with E-state index < -0.39 is 17.9 Å². The maximum Gasteiger partial charge on any atom is 0.271 e. The highest BCUT2D eigenvalue weighted by atomic mass is 35.5. The third-order valence-electron chi connectivity index (χ3n) is 3.33. The molecule has 0 spiro atoms. The van der Waals surface area contributed by atoms with Crippen molar-refractivity contribution in [3.63, 3.8) is 0 Å². The molecule has 0 bridgehead atoms. The van der Waals surface area contributed by atoms with E-state index in [2.05, 4.69) is 5.32 Å². The van der Waals surface area contributed by atoms with Crippen molar-refractivity contribution in [3.8, 4) is 0 Å². The number of carbonyl (C=O) groups is 3. The highest BCUT2D eigenvalue weighted by Gasteiger charge is 2.36. The van der Waals surface area contributed by atoms with Crippen molar-refractivity contribution < 1.29 is 14.4 Å². The summed E-state index contributed by atoms with van der Waals surface area (Å²) in [5.41, 5.74) is 0.387. The predicted molar refractivity (Wildman–Crippen MR) is 73.4 cm³/mol. The standard InChI is InChI=1S/C13H16ClN3O3/c1-3-9-12(19)15-11(18)7-17(9)13(20)10-5-8(14)6-16(10)4-2/h5-6,9H,3-4,7H2,1-2H3,(H,15,18,19). The Morgan fingerprint density at radius 3 is 2.75 bits per heavy atom. The number of carbonyl (C=O) groups excluding carboxylic acids is 3. The van der Waals surface area contributed by atoms with Crippen molar-refractivity contribution in [1.29, 1.82) is 0 Å². The third kappa shape index (κ3) is 2.56. The number of aromatic nitrogens is 1. The molecule has 7 heteroatoms. The van der Waals surface area contributed by atoms with Crippen LogP contribution in [0.2, 0.25) is 5.02 Å². The van der Waals surface area contributed by atoms with Crippen molar-refractivity contribution >= 4 is 29.3 Å². The van der Waals surface area contributed by atoms with Gasteiger partial charge in [0.1, 0.15) is 18.3 Å². The van der Waals surface area contributed by atoms with E-state index in [1.165, 1.54) is 4.90 Å². The van der Waals surface area contributed by atoms with Crippen LogP contribution in [0.1, 0.15) is 30.8 Å². The molecule has 1 aliphatic rings. The summed E-state index contributed by atoms with van der Waals surface area (Å²) in [6.45, 7) is 4.15. The van der Waals surface area contributed by atoms with Crippen LogP contribution >= 0.6 is 11.6 Å². The number of halogens is 1. The highest BCUT2D eigenvalue weighted by molar-refractivity contribution is 6.31. The summed E-state index contributed by atoms with van der Waals surface area (Å²) in [6, 6.07) is 0.927. The quantitative estimate of drug-likeness (QED) is 0.847. The molecular weight excluding hydrogens is 282 g/mol. The van der Waals surface area contributed by atoms with Gasteiger partial charge in [0.15, 0.2) is 0 Å². The second kappa shape index (κ2) is 5.66. The van der Waals surface area contributed by atoms with Crippen molar-refractivity contribution in [2.24, 2.45) is 0 Å². The van der Waals surface area contributed by atoms with Gasteiger partial charge in [-0.15, -0.1) is 0 Å². The molecule has 2 rings (SSSR count). The third-order valence-corrected chi connectivity index (χ3v) is 3.53. The molecule has 0 aromatic carbocycles. The number of rotatable bonds is 3. The topological polar surface area (TPSA) is 71.4 Å². The molecule has 1 N–H and O–H groups in total. The number of nitrogens with zero attached hydrogens (tertiary/aromatic N) is 2. The number of aryl methyl sites for hydroxylation is 1. The van der Waals surface area contributed by atoms with Crippen LogP contribution in [0.4, 0.5) is 0 Å². The van der Waals surface area contributed by atoms with E-state index in [0.717, 1.165) is 0 Å². The molecule has 0 radical (unpaired) electrons. The normalized spacial score (nSPS) is 19.1. The Morgan fingerprint density at radius 2 is 2.15 bits per heavy atom. The van der Waals surface area contributed by atoms with E-state index in [0.29, 0.717) is 23.7 Å². The van der Waals surface area contributed by atoms with Gasteiger partial charge in [-0.2, -0.15) is 0 Å². The van der Waals surface area contributed by atoms with Crippen LogP contribution in [0.15, 0.2) is 12.3 Å². The average molecular weight is 298 g/mol. The molecule has 0 saturated carbocycles. The van der Waals surface area contributed by atoms with Crippen LogP contribution in [0.5, 0.6) is 0 Å². The lowest BCUT2D eigenvalue weighted by molar-refractivity contribution is -0.138. The summed E-state index contributed by atoms with van der Waals surface area (Å²) in [7, 11) is 0. The summed E-state index contributed by atoms with van der Waals surface area (Å²) >= 11 is 5.92. The first-order valence-electron chi connectivity index (χ1n) is 6.48. The van der Waals surface area contributed by atoms with Crippen molar-refractivity contribution in [3.05, 3.63) is 23.0 Å². The lowest BCUT2D eigenvalue weighted by atomic mass is 10.1. The van der Waals surface area contributed by atoms with Gasteiger partial charge in [0.25, 0.3) is 5.91 Å². The fourth-order valence-corrected chi connectivity index (χ4v) is 2.57. The first-order valence-corrected chi connectivity index (χ1v) is 6.86. The second-order valence-corrected chi connectivity index (χ2v) is 5.04. The van der Waals surface area contributed by atoms with Gasteiger partial charge in [-0.25, -0.2) is 0 Å². The van der Waals surface area contributed by atoms with Gasteiger partial charge >= 0.3 is 0 Å². The second-order valence-electron chi connectivity index (χ2n) is 4.60. The molecule has 108 valence electrons. The number of piperazine rings is 1. The van der Waals surface area contributed by atoms with Gasteiger partial charge in [-0.1, -0.05) is 18.5 Å². The number of amides is 3. The Labute approximate surface area is 121 Å². The molecule has 0 aliphatic carbocycles. The Morgan fingerprint density at radius 1 is 1.45 bits per heavy atom. The fourth-order valence-electron chi connectivity index (χ4n) is 2.35. The van der Waals surface area contributed by atoms with Crippen LogP contribution in [-0.2, 0) is 16.1 Å². The summed E-state index contributed by atoms with van der Waals surface area (Å²) in [6.07, 6.45) is 2.10. The van der Waals surface area contributed by atoms with Gasteiger partial charge < -0.3 is 9.47 Å². The molecule has 1 aromatic heterocycles. The van der Waals surface area contributed by atoms with Crippen LogP contribution in [0.25, 0.3) is 0 Å². The maximum atomic E-state index is 12.6. The number of imide groups is 1. The summed E-state index contributed by atoms with van der Waals surface area (Å²) in [5.74, 6) is -1.25. The number of hydrogen-bond donors (Lipinski definition) is 1.